The van der Waals surface area contributed by atoms with E-state index in [9.17, 15) is 4.79 Å². The van der Waals surface area contributed by atoms with Gasteiger partial charge in [0.2, 0.25) is 0 Å². The van der Waals surface area contributed by atoms with Gasteiger partial charge in [0.25, 0.3) is 5.91 Å². The molecule has 1 amide bonds. The number of rotatable bonds is 3. The van der Waals surface area contributed by atoms with Gasteiger partial charge in [0, 0.05) is 21.7 Å². The van der Waals surface area contributed by atoms with Gasteiger partial charge >= 0.3 is 0 Å². The lowest BCUT2D eigenvalue weighted by molar-refractivity contribution is 0.103. The first kappa shape index (κ1) is 15.9. The lowest BCUT2D eigenvalue weighted by atomic mass is 10.0. The van der Waals surface area contributed by atoms with Crippen LogP contribution in [-0.2, 0) is 13.0 Å². The van der Waals surface area contributed by atoms with Crippen molar-refractivity contribution in [3.63, 3.8) is 0 Å². The highest BCUT2D eigenvalue weighted by atomic mass is 32.1. The molecule has 3 nitrogen and oxygen atoms in total. The van der Waals surface area contributed by atoms with E-state index in [0.29, 0.717) is 6.61 Å². The summed E-state index contributed by atoms with van der Waals surface area (Å²) >= 11 is 1.54. The topological polar surface area (TPSA) is 38.3 Å². The second kappa shape index (κ2) is 6.37. The molecule has 1 aromatic heterocycles. The number of thiophene rings is 1. The third-order valence-electron chi connectivity index (χ3n) is 4.52. The van der Waals surface area contributed by atoms with Gasteiger partial charge in [-0.1, -0.05) is 37.3 Å². The molecule has 4 heteroatoms. The molecule has 0 radical (unpaired) electrons. The molecule has 25 heavy (non-hydrogen) atoms. The van der Waals surface area contributed by atoms with Crippen molar-refractivity contribution in [1.29, 1.82) is 0 Å². The normalized spacial score (nSPS) is 12.1. The van der Waals surface area contributed by atoms with Crippen LogP contribution in [0.25, 0.3) is 10.4 Å². The summed E-state index contributed by atoms with van der Waals surface area (Å²) < 4.78 is 5.85. The third-order valence-corrected chi connectivity index (χ3v) is 5.72. The number of aryl methyl sites for hydroxylation is 2. The summed E-state index contributed by atoms with van der Waals surface area (Å²) in [6.07, 6.45) is 0.887. The molecule has 0 saturated heterocycles. The lowest BCUT2D eigenvalue weighted by Crippen LogP contribution is -2.11. The maximum Gasteiger partial charge on any atom is 0.265 e. The molecule has 3 aromatic rings. The van der Waals surface area contributed by atoms with E-state index in [1.807, 2.05) is 42.5 Å². The van der Waals surface area contributed by atoms with Crippen molar-refractivity contribution in [2.45, 2.75) is 26.9 Å². The summed E-state index contributed by atoms with van der Waals surface area (Å²) in [5.41, 5.74) is 5.39. The van der Waals surface area contributed by atoms with E-state index in [0.717, 1.165) is 44.3 Å². The highest BCUT2D eigenvalue weighted by molar-refractivity contribution is 7.17. The number of ether oxygens (including phenoxy) is 1. The number of hydrogen-bond donors (Lipinski definition) is 1. The Morgan fingerprint density at radius 3 is 2.88 bits per heavy atom. The van der Waals surface area contributed by atoms with Gasteiger partial charge in [0.05, 0.1) is 4.88 Å². The van der Waals surface area contributed by atoms with Gasteiger partial charge in [-0.15, -0.1) is 11.3 Å². The van der Waals surface area contributed by atoms with Crippen molar-refractivity contribution in [3.8, 4) is 16.2 Å². The van der Waals surface area contributed by atoms with Gasteiger partial charge in [-0.2, -0.15) is 0 Å². The van der Waals surface area contributed by atoms with Crippen LogP contribution in [0.3, 0.4) is 0 Å². The molecular weight excluding hydrogens is 330 g/mol. The Morgan fingerprint density at radius 2 is 2.04 bits per heavy atom. The van der Waals surface area contributed by atoms with E-state index in [2.05, 4.69) is 25.2 Å². The predicted octanol–water partition coefficient (Wildman–Crippen LogP) is 5.43. The predicted molar refractivity (Wildman–Crippen MR) is 103 cm³/mol. The maximum atomic E-state index is 12.8. The first-order valence-corrected chi connectivity index (χ1v) is 9.23. The minimum absolute atomic E-state index is 0.0598. The van der Waals surface area contributed by atoms with Crippen LogP contribution in [-0.4, -0.2) is 5.91 Å². The summed E-state index contributed by atoms with van der Waals surface area (Å²) in [4.78, 5) is 14.6. The quantitative estimate of drug-likeness (QED) is 0.684. The van der Waals surface area contributed by atoms with E-state index in [4.69, 9.17) is 4.74 Å². The summed E-state index contributed by atoms with van der Waals surface area (Å²) in [6.45, 7) is 4.68. The maximum absolute atomic E-state index is 12.8. The Balaban J connectivity index is 1.68. The van der Waals surface area contributed by atoms with Crippen LogP contribution in [0.1, 0.15) is 33.3 Å². The minimum atomic E-state index is -0.0598. The molecule has 1 N–H and O–H groups in total. The Morgan fingerprint density at radius 1 is 1.20 bits per heavy atom. The zero-order valence-corrected chi connectivity index (χ0v) is 15.1. The average Bonchev–Trinajstić information content (AvgIpc) is 3.06. The molecule has 0 fully saturated rings. The summed E-state index contributed by atoms with van der Waals surface area (Å²) in [6, 6.07) is 16.0. The van der Waals surface area contributed by atoms with Crippen LogP contribution in [0, 0.1) is 6.92 Å². The van der Waals surface area contributed by atoms with Crippen LogP contribution in [0.2, 0.25) is 0 Å². The van der Waals surface area contributed by atoms with Crippen molar-refractivity contribution in [2.24, 2.45) is 0 Å². The zero-order valence-electron chi connectivity index (χ0n) is 14.3. The minimum Gasteiger partial charge on any atom is -0.488 e. The second-order valence-electron chi connectivity index (χ2n) is 6.17. The fraction of sp³-hybridized carbons (Fsp3) is 0.190. The lowest BCUT2D eigenvalue weighted by Gasteiger charge is -2.19. The molecule has 2 heterocycles. The largest absolute Gasteiger partial charge is 0.488 e. The number of anilines is 1. The summed E-state index contributed by atoms with van der Waals surface area (Å²) in [7, 11) is 0. The number of nitrogens with one attached hydrogen (secondary N) is 1. The van der Waals surface area contributed by atoms with E-state index < -0.39 is 0 Å². The number of para-hydroxylation sites is 1. The van der Waals surface area contributed by atoms with Crippen LogP contribution in [0.15, 0.2) is 48.5 Å². The molecule has 1 aliphatic heterocycles. The van der Waals surface area contributed by atoms with Crippen molar-refractivity contribution in [3.05, 3.63) is 70.1 Å². The van der Waals surface area contributed by atoms with Gasteiger partial charge in [-0.05, 0) is 42.7 Å². The highest BCUT2D eigenvalue weighted by Crippen LogP contribution is 2.44. The van der Waals surface area contributed by atoms with Crippen LogP contribution in [0.5, 0.6) is 5.75 Å². The molecule has 126 valence electrons. The Labute approximate surface area is 151 Å². The van der Waals surface area contributed by atoms with Gasteiger partial charge in [-0.25, -0.2) is 0 Å². The number of benzene rings is 2. The Hall–Kier alpha value is -2.59. The number of hydrogen-bond acceptors (Lipinski definition) is 3. The van der Waals surface area contributed by atoms with Gasteiger partial charge in [-0.3, -0.25) is 4.79 Å². The average molecular weight is 349 g/mol. The number of carbonyl (C=O) groups excluding carboxylic acids is 1. The Bertz CT molecular complexity index is 958. The first-order valence-electron chi connectivity index (χ1n) is 8.42. The fourth-order valence-corrected chi connectivity index (χ4v) is 4.38. The highest BCUT2D eigenvalue weighted by Gasteiger charge is 2.24. The molecule has 1 aliphatic rings. The van der Waals surface area contributed by atoms with Crippen LogP contribution >= 0.6 is 11.3 Å². The summed E-state index contributed by atoms with van der Waals surface area (Å²) in [5, 5.41) is 3.06. The molecule has 0 aliphatic carbocycles. The smallest absolute Gasteiger partial charge is 0.265 e. The SMILES string of the molecule is CCc1ccccc1NC(=O)c1cc2c(s1)-c1c(C)cccc1OC2. The summed E-state index contributed by atoms with van der Waals surface area (Å²) in [5.74, 6) is 0.841. The zero-order chi connectivity index (χ0) is 17.4. The van der Waals surface area contributed by atoms with E-state index in [1.165, 1.54) is 5.56 Å². The van der Waals surface area contributed by atoms with E-state index >= 15 is 0 Å². The first-order chi connectivity index (χ1) is 12.2. The Kier molecular flexibility index (Phi) is 4.06. The number of amides is 1. The van der Waals surface area contributed by atoms with E-state index in [-0.39, 0.29) is 5.91 Å². The monoisotopic (exact) mass is 349 g/mol. The van der Waals surface area contributed by atoms with Gasteiger partial charge < -0.3 is 10.1 Å². The van der Waals surface area contributed by atoms with Crippen molar-refractivity contribution in [1.82, 2.24) is 0 Å². The molecule has 0 bridgehead atoms. The van der Waals surface area contributed by atoms with Gasteiger partial charge in [0.15, 0.2) is 0 Å². The van der Waals surface area contributed by atoms with Crippen molar-refractivity contribution < 1.29 is 9.53 Å². The molecule has 2 aromatic carbocycles. The number of carbonyl (C=O) groups is 1. The van der Waals surface area contributed by atoms with Crippen molar-refractivity contribution in [2.75, 3.05) is 5.32 Å². The molecule has 0 atom stereocenters. The van der Waals surface area contributed by atoms with Gasteiger partial charge in [0.1, 0.15) is 12.4 Å². The molecule has 4 rings (SSSR count). The molecule has 0 spiro atoms. The molecule has 0 unspecified atom stereocenters. The fourth-order valence-electron chi connectivity index (χ4n) is 3.20. The molecular formula is C21H19NO2S. The third kappa shape index (κ3) is 2.83. The van der Waals surface area contributed by atoms with Crippen LogP contribution < -0.4 is 10.1 Å². The molecule has 0 saturated carbocycles. The van der Waals surface area contributed by atoms with E-state index in [1.54, 1.807) is 11.3 Å². The van der Waals surface area contributed by atoms with Crippen LogP contribution in [0.4, 0.5) is 5.69 Å². The standard InChI is InChI=1S/C21H19NO2S/c1-3-14-8-4-5-9-16(14)22-21(23)18-11-15-12-24-17-10-6-7-13(2)19(17)20(15)25-18/h4-11H,3,12H2,1-2H3,(H,22,23). The number of fused-ring (bicyclic) bond motifs is 3. The van der Waals surface area contributed by atoms with Crippen molar-refractivity contribution >= 4 is 22.9 Å². The second-order valence-corrected chi connectivity index (χ2v) is 7.22.